The molecule has 1 aromatic rings. The van der Waals surface area contributed by atoms with Crippen molar-refractivity contribution < 1.29 is 14.2 Å². The highest BCUT2D eigenvalue weighted by Gasteiger charge is 2.33. The summed E-state index contributed by atoms with van der Waals surface area (Å²) >= 11 is 0. The lowest BCUT2D eigenvalue weighted by atomic mass is 9.75. The van der Waals surface area contributed by atoms with Crippen molar-refractivity contribution in [2.45, 2.75) is 44.2 Å². The van der Waals surface area contributed by atoms with Crippen LogP contribution in [0.15, 0.2) is 12.1 Å². The Balaban J connectivity index is 2.51. The van der Waals surface area contributed by atoms with E-state index in [0.29, 0.717) is 6.61 Å². The minimum absolute atomic E-state index is 0.272. The van der Waals surface area contributed by atoms with Gasteiger partial charge in [0.2, 0.25) is 0 Å². The van der Waals surface area contributed by atoms with E-state index < -0.39 is 0 Å². The average Bonchev–Trinajstić information content (AvgIpc) is 2.47. The molecule has 1 aliphatic carbocycles. The van der Waals surface area contributed by atoms with Crippen molar-refractivity contribution in [1.29, 1.82) is 0 Å². The zero-order chi connectivity index (χ0) is 14.6. The normalized spacial score (nSPS) is 17.8. The Morgan fingerprint density at radius 3 is 2.30 bits per heavy atom. The Labute approximate surface area is 121 Å². The van der Waals surface area contributed by atoms with Crippen molar-refractivity contribution in [2.24, 2.45) is 5.73 Å². The van der Waals surface area contributed by atoms with Crippen LogP contribution in [0.1, 0.15) is 43.2 Å². The molecule has 2 N–H and O–H groups in total. The van der Waals surface area contributed by atoms with Crippen LogP contribution in [0.25, 0.3) is 0 Å². The molecule has 1 aromatic carbocycles. The number of rotatable bonds is 5. The third kappa shape index (κ3) is 2.76. The van der Waals surface area contributed by atoms with Gasteiger partial charge in [0, 0.05) is 18.2 Å². The van der Waals surface area contributed by atoms with Gasteiger partial charge in [-0.1, -0.05) is 25.3 Å². The second-order valence-corrected chi connectivity index (χ2v) is 5.48. The fourth-order valence-electron chi connectivity index (χ4n) is 3.20. The highest BCUT2D eigenvalue weighted by atomic mass is 16.5. The van der Waals surface area contributed by atoms with Crippen molar-refractivity contribution in [3.05, 3.63) is 23.3 Å². The van der Waals surface area contributed by atoms with E-state index in [0.717, 1.165) is 35.5 Å². The summed E-state index contributed by atoms with van der Waals surface area (Å²) in [5, 5.41) is 0. The Morgan fingerprint density at radius 1 is 1.05 bits per heavy atom. The highest BCUT2D eigenvalue weighted by molar-refractivity contribution is 5.52. The van der Waals surface area contributed by atoms with Crippen molar-refractivity contribution in [3.63, 3.8) is 0 Å². The van der Waals surface area contributed by atoms with Crippen molar-refractivity contribution in [2.75, 3.05) is 21.3 Å². The quantitative estimate of drug-likeness (QED) is 0.900. The molecule has 112 valence electrons. The van der Waals surface area contributed by atoms with E-state index >= 15 is 0 Å². The lowest BCUT2D eigenvalue weighted by Crippen LogP contribution is -2.39. The molecular weight excluding hydrogens is 254 g/mol. The molecule has 0 atom stereocenters. The van der Waals surface area contributed by atoms with Gasteiger partial charge in [-0.25, -0.2) is 0 Å². The number of benzene rings is 1. The van der Waals surface area contributed by atoms with Crippen molar-refractivity contribution in [1.82, 2.24) is 0 Å². The predicted molar refractivity (Wildman–Crippen MR) is 79.2 cm³/mol. The summed E-state index contributed by atoms with van der Waals surface area (Å²) in [4.78, 5) is 0. The van der Waals surface area contributed by atoms with Crippen molar-refractivity contribution >= 4 is 0 Å². The minimum atomic E-state index is -0.272. The number of methoxy groups -OCH3 is 3. The van der Waals surface area contributed by atoms with Gasteiger partial charge in [0.25, 0.3) is 0 Å². The molecule has 4 heteroatoms. The van der Waals surface area contributed by atoms with Crippen LogP contribution < -0.4 is 15.2 Å². The maximum absolute atomic E-state index is 6.67. The SMILES string of the molecule is COCc1c(C2(N)CCCCC2)ccc(OC)c1OC. The Kier molecular flexibility index (Phi) is 4.89. The van der Waals surface area contributed by atoms with Gasteiger partial charge in [-0.2, -0.15) is 0 Å². The smallest absolute Gasteiger partial charge is 0.166 e. The zero-order valence-electron chi connectivity index (χ0n) is 12.7. The van der Waals surface area contributed by atoms with Gasteiger partial charge in [0.1, 0.15) is 0 Å². The Hall–Kier alpha value is -1.26. The van der Waals surface area contributed by atoms with E-state index in [2.05, 4.69) is 6.07 Å². The van der Waals surface area contributed by atoms with Gasteiger partial charge in [-0.15, -0.1) is 0 Å². The molecule has 1 fully saturated rings. The summed E-state index contributed by atoms with van der Waals surface area (Å²) in [6.45, 7) is 0.481. The Morgan fingerprint density at radius 2 is 1.75 bits per heavy atom. The van der Waals surface area contributed by atoms with Gasteiger partial charge in [0.05, 0.1) is 20.8 Å². The molecule has 0 heterocycles. The predicted octanol–water partition coefficient (Wildman–Crippen LogP) is 2.97. The maximum atomic E-state index is 6.67. The van der Waals surface area contributed by atoms with Crippen LogP contribution in [-0.4, -0.2) is 21.3 Å². The van der Waals surface area contributed by atoms with E-state index in [4.69, 9.17) is 19.9 Å². The first-order valence-corrected chi connectivity index (χ1v) is 7.18. The summed E-state index contributed by atoms with van der Waals surface area (Å²) in [5.41, 5.74) is 8.55. The monoisotopic (exact) mass is 279 g/mol. The van der Waals surface area contributed by atoms with E-state index in [9.17, 15) is 0 Å². The van der Waals surface area contributed by atoms with Crippen LogP contribution in [-0.2, 0) is 16.9 Å². The van der Waals surface area contributed by atoms with Crippen LogP contribution in [0, 0.1) is 0 Å². The molecular formula is C16H25NO3. The lowest BCUT2D eigenvalue weighted by molar-refractivity contribution is 0.176. The standard InChI is InChI=1S/C16H25NO3/c1-18-11-12-13(16(17)9-5-4-6-10-16)7-8-14(19-2)15(12)20-3/h7-8H,4-6,9-11,17H2,1-3H3. The fourth-order valence-corrected chi connectivity index (χ4v) is 3.20. The van der Waals surface area contributed by atoms with Gasteiger partial charge < -0.3 is 19.9 Å². The Bertz CT molecular complexity index is 453. The van der Waals surface area contributed by atoms with E-state index in [1.165, 1.54) is 19.3 Å². The third-order valence-corrected chi connectivity index (χ3v) is 4.22. The molecule has 0 amide bonds. The van der Waals surface area contributed by atoms with E-state index in [1.54, 1.807) is 21.3 Å². The first-order chi connectivity index (χ1) is 9.66. The molecule has 0 aliphatic heterocycles. The van der Waals surface area contributed by atoms with Gasteiger partial charge in [-0.05, 0) is 24.5 Å². The maximum Gasteiger partial charge on any atom is 0.166 e. The number of ether oxygens (including phenoxy) is 3. The van der Waals surface area contributed by atoms with Gasteiger partial charge >= 0.3 is 0 Å². The van der Waals surface area contributed by atoms with Gasteiger partial charge in [-0.3, -0.25) is 0 Å². The first kappa shape index (κ1) is 15.1. The minimum Gasteiger partial charge on any atom is -0.493 e. The summed E-state index contributed by atoms with van der Waals surface area (Å²) in [5.74, 6) is 1.46. The fraction of sp³-hybridized carbons (Fsp3) is 0.625. The van der Waals surface area contributed by atoms with Crippen molar-refractivity contribution in [3.8, 4) is 11.5 Å². The number of hydrogen-bond acceptors (Lipinski definition) is 4. The second-order valence-electron chi connectivity index (χ2n) is 5.48. The molecule has 1 aliphatic rings. The molecule has 20 heavy (non-hydrogen) atoms. The first-order valence-electron chi connectivity index (χ1n) is 7.18. The van der Waals surface area contributed by atoms with Crippen LogP contribution in [0.4, 0.5) is 0 Å². The van der Waals surface area contributed by atoms with Gasteiger partial charge in [0.15, 0.2) is 11.5 Å². The van der Waals surface area contributed by atoms with Crippen LogP contribution in [0.2, 0.25) is 0 Å². The lowest BCUT2D eigenvalue weighted by Gasteiger charge is -2.36. The molecule has 4 nitrogen and oxygen atoms in total. The molecule has 0 saturated heterocycles. The largest absolute Gasteiger partial charge is 0.493 e. The third-order valence-electron chi connectivity index (χ3n) is 4.22. The highest BCUT2D eigenvalue weighted by Crippen LogP contribution is 2.42. The molecule has 0 radical (unpaired) electrons. The van der Waals surface area contributed by atoms with E-state index in [-0.39, 0.29) is 5.54 Å². The molecule has 2 rings (SSSR count). The molecule has 0 unspecified atom stereocenters. The molecule has 0 aromatic heterocycles. The van der Waals surface area contributed by atoms with Crippen LogP contribution >= 0.6 is 0 Å². The molecule has 0 spiro atoms. The summed E-state index contributed by atoms with van der Waals surface area (Å²) < 4.78 is 16.3. The number of hydrogen-bond donors (Lipinski definition) is 1. The molecule has 0 bridgehead atoms. The van der Waals surface area contributed by atoms with E-state index in [1.807, 2.05) is 6.07 Å². The summed E-state index contributed by atoms with van der Waals surface area (Å²) in [6, 6.07) is 4.01. The zero-order valence-corrected chi connectivity index (χ0v) is 12.7. The second kappa shape index (κ2) is 6.46. The molecule has 1 saturated carbocycles. The topological polar surface area (TPSA) is 53.7 Å². The number of nitrogens with two attached hydrogens (primary N) is 1. The van der Waals surface area contributed by atoms with Crippen LogP contribution in [0.3, 0.4) is 0 Å². The summed E-state index contributed by atoms with van der Waals surface area (Å²) in [7, 11) is 4.99. The van der Waals surface area contributed by atoms with Crippen LogP contribution in [0.5, 0.6) is 11.5 Å². The average molecular weight is 279 g/mol. The summed E-state index contributed by atoms with van der Waals surface area (Å²) in [6.07, 6.45) is 5.65.